The molecule has 4 rings (SSSR count). The number of anilines is 1. The molecule has 1 aliphatic heterocycles. The van der Waals surface area contributed by atoms with Crippen LogP contribution < -0.4 is 4.31 Å². The Morgan fingerprint density at radius 2 is 2.00 bits per heavy atom. The molecule has 5 nitrogen and oxygen atoms in total. The number of hydrogen-bond donors (Lipinski definition) is 0. The largest absolute Gasteiger partial charge is 0.331 e. The minimum atomic E-state index is -3.16. The van der Waals surface area contributed by atoms with E-state index in [2.05, 4.69) is 6.07 Å². The number of nitrogens with zero attached hydrogens (tertiary/aromatic N) is 2. The lowest BCUT2D eigenvalue weighted by molar-refractivity contribution is -0.127. The predicted molar refractivity (Wildman–Crippen MR) is 109 cm³/mol. The van der Waals surface area contributed by atoms with E-state index in [9.17, 15) is 13.2 Å². The first-order valence-corrected chi connectivity index (χ1v) is 11.6. The summed E-state index contributed by atoms with van der Waals surface area (Å²) in [5.41, 5.74) is 1.57. The number of carbonyl (C=O) groups is 1. The lowest BCUT2D eigenvalue weighted by atomic mass is 10.2. The first-order valence-electron chi connectivity index (χ1n) is 9.14. The molecule has 2 heterocycles. The van der Waals surface area contributed by atoms with Crippen molar-refractivity contribution < 1.29 is 13.2 Å². The molecule has 142 valence electrons. The summed E-state index contributed by atoms with van der Waals surface area (Å²) >= 11 is 1.67. The smallest absolute Gasteiger partial charge is 0.247 e. The van der Waals surface area contributed by atoms with Crippen LogP contribution in [-0.2, 0) is 21.4 Å². The Morgan fingerprint density at radius 3 is 2.59 bits per heavy atom. The van der Waals surface area contributed by atoms with E-state index in [1.54, 1.807) is 35.6 Å². The van der Waals surface area contributed by atoms with Crippen molar-refractivity contribution in [3.8, 4) is 0 Å². The predicted octanol–water partition coefficient (Wildman–Crippen LogP) is 3.49. The average Bonchev–Trinajstić information content (AvgIpc) is 3.24. The molecule has 1 saturated heterocycles. The SMILES string of the molecule is O=C(/C=C/c1ccc(N2CCCS2(=O)=O)cc1)N(Cc1cccs1)C1CC1. The van der Waals surface area contributed by atoms with Crippen LogP contribution in [0.2, 0.25) is 0 Å². The van der Waals surface area contributed by atoms with Gasteiger partial charge in [-0.3, -0.25) is 9.10 Å². The van der Waals surface area contributed by atoms with Crippen molar-refractivity contribution in [1.29, 1.82) is 0 Å². The van der Waals surface area contributed by atoms with Crippen molar-refractivity contribution in [2.24, 2.45) is 0 Å². The number of carbonyl (C=O) groups excluding carboxylic acids is 1. The topological polar surface area (TPSA) is 57.7 Å². The Balaban J connectivity index is 1.43. The number of rotatable bonds is 6. The van der Waals surface area contributed by atoms with Gasteiger partial charge in [0.1, 0.15) is 0 Å². The van der Waals surface area contributed by atoms with Crippen LogP contribution in [0.3, 0.4) is 0 Å². The first-order chi connectivity index (χ1) is 13.0. The molecular weight excluding hydrogens is 380 g/mol. The van der Waals surface area contributed by atoms with Crippen molar-refractivity contribution in [3.63, 3.8) is 0 Å². The van der Waals surface area contributed by atoms with Crippen molar-refractivity contribution in [1.82, 2.24) is 4.90 Å². The molecular formula is C20H22N2O3S2. The van der Waals surface area contributed by atoms with Gasteiger partial charge in [-0.15, -0.1) is 11.3 Å². The minimum absolute atomic E-state index is 0.0251. The number of hydrogen-bond acceptors (Lipinski definition) is 4. The van der Waals surface area contributed by atoms with E-state index in [0.717, 1.165) is 18.4 Å². The van der Waals surface area contributed by atoms with Gasteiger partial charge in [0, 0.05) is 23.5 Å². The Labute approximate surface area is 164 Å². The molecule has 7 heteroatoms. The monoisotopic (exact) mass is 402 g/mol. The third-order valence-corrected chi connectivity index (χ3v) is 7.61. The van der Waals surface area contributed by atoms with Gasteiger partial charge < -0.3 is 4.90 Å². The molecule has 0 atom stereocenters. The summed E-state index contributed by atoms with van der Waals surface area (Å²) in [6.07, 6.45) is 6.23. The highest BCUT2D eigenvalue weighted by Gasteiger charge is 2.31. The molecule has 1 saturated carbocycles. The maximum absolute atomic E-state index is 12.6. The zero-order valence-corrected chi connectivity index (χ0v) is 16.6. The summed E-state index contributed by atoms with van der Waals surface area (Å²) < 4.78 is 25.5. The molecule has 1 aliphatic carbocycles. The van der Waals surface area contributed by atoms with Gasteiger partial charge in [0.15, 0.2) is 0 Å². The molecule has 0 radical (unpaired) electrons. The van der Waals surface area contributed by atoms with Crippen LogP contribution in [0.4, 0.5) is 5.69 Å². The number of benzene rings is 1. The highest BCUT2D eigenvalue weighted by Crippen LogP contribution is 2.30. The summed E-state index contributed by atoms with van der Waals surface area (Å²) in [5, 5.41) is 2.03. The van der Waals surface area contributed by atoms with E-state index in [0.29, 0.717) is 31.2 Å². The molecule has 27 heavy (non-hydrogen) atoms. The maximum atomic E-state index is 12.6. The molecule has 2 fully saturated rings. The normalized spacial score (nSPS) is 18.9. The summed E-state index contributed by atoms with van der Waals surface area (Å²) in [6.45, 7) is 1.20. The van der Waals surface area contributed by atoms with Crippen LogP contribution >= 0.6 is 11.3 Å². The van der Waals surface area contributed by atoms with Crippen LogP contribution in [0.25, 0.3) is 6.08 Å². The van der Waals surface area contributed by atoms with E-state index in [-0.39, 0.29) is 11.7 Å². The number of thiophene rings is 1. The lowest BCUT2D eigenvalue weighted by Gasteiger charge is -2.20. The zero-order valence-electron chi connectivity index (χ0n) is 15.0. The van der Waals surface area contributed by atoms with Gasteiger partial charge in [-0.1, -0.05) is 18.2 Å². The minimum Gasteiger partial charge on any atom is -0.331 e. The standard InChI is InChI=1S/C20H22N2O3S2/c23-20(21(17-9-10-17)15-19-3-1-13-26-19)11-6-16-4-7-18(8-5-16)22-12-2-14-27(22,24)25/h1,3-8,11,13,17H,2,9-10,12,14-15H2/b11-6+. The summed E-state index contributed by atoms with van der Waals surface area (Å²) in [7, 11) is -3.16. The molecule has 0 spiro atoms. The number of amides is 1. The second kappa shape index (κ2) is 7.48. The van der Waals surface area contributed by atoms with E-state index < -0.39 is 10.0 Å². The van der Waals surface area contributed by atoms with Gasteiger partial charge in [0.25, 0.3) is 0 Å². The fourth-order valence-corrected chi connectivity index (χ4v) is 5.56. The second-order valence-electron chi connectivity index (χ2n) is 6.94. The van der Waals surface area contributed by atoms with Crippen LogP contribution in [0.5, 0.6) is 0 Å². The van der Waals surface area contributed by atoms with E-state index in [4.69, 9.17) is 0 Å². The van der Waals surface area contributed by atoms with Gasteiger partial charge >= 0.3 is 0 Å². The molecule has 2 aromatic rings. The third kappa shape index (κ3) is 4.25. The summed E-state index contributed by atoms with van der Waals surface area (Å²) in [4.78, 5) is 15.8. The second-order valence-corrected chi connectivity index (χ2v) is 9.99. The Hall–Kier alpha value is -2.12. The van der Waals surface area contributed by atoms with Crippen LogP contribution in [0.1, 0.15) is 29.7 Å². The first kappa shape index (κ1) is 18.3. The van der Waals surface area contributed by atoms with Crippen LogP contribution in [-0.4, -0.2) is 37.6 Å². The van der Waals surface area contributed by atoms with Crippen LogP contribution in [0, 0.1) is 0 Å². The third-order valence-electron chi connectivity index (χ3n) is 4.88. The fourth-order valence-electron chi connectivity index (χ4n) is 3.29. The fraction of sp³-hybridized carbons (Fsp3) is 0.350. The molecule has 0 N–H and O–H groups in total. The molecule has 0 bridgehead atoms. The van der Waals surface area contributed by atoms with Gasteiger partial charge in [-0.2, -0.15) is 0 Å². The Bertz CT molecular complexity index is 930. The quantitative estimate of drug-likeness (QED) is 0.695. The average molecular weight is 403 g/mol. The van der Waals surface area contributed by atoms with Gasteiger partial charge in [-0.25, -0.2) is 8.42 Å². The molecule has 2 aliphatic rings. The Kier molecular flexibility index (Phi) is 5.06. The van der Waals surface area contributed by atoms with E-state index >= 15 is 0 Å². The highest BCUT2D eigenvalue weighted by molar-refractivity contribution is 7.93. The molecule has 0 unspecified atom stereocenters. The van der Waals surface area contributed by atoms with Gasteiger partial charge in [0.05, 0.1) is 18.0 Å². The molecule has 1 aromatic heterocycles. The zero-order chi connectivity index (χ0) is 18.9. The van der Waals surface area contributed by atoms with Crippen molar-refractivity contribution in [2.45, 2.75) is 31.8 Å². The maximum Gasteiger partial charge on any atom is 0.247 e. The highest BCUT2D eigenvalue weighted by atomic mass is 32.2. The van der Waals surface area contributed by atoms with E-state index in [1.807, 2.05) is 28.5 Å². The summed E-state index contributed by atoms with van der Waals surface area (Å²) in [6, 6.07) is 11.7. The summed E-state index contributed by atoms with van der Waals surface area (Å²) in [5.74, 6) is 0.238. The van der Waals surface area contributed by atoms with Crippen molar-refractivity contribution in [3.05, 3.63) is 58.3 Å². The lowest BCUT2D eigenvalue weighted by Crippen LogP contribution is -2.30. The van der Waals surface area contributed by atoms with Crippen LogP contribution in [0.15, 0.2) is 47.9 Å². The Morgan fingerprint density at radius 1 is 1.22 bits per heavy atom. The van der Waals surface area contributed by atoms with Crippen molar-refractivity contribution in [2.75, 3.05) is 16.6 Å². The molecule has 1 aromatic carbocycles. The molecule has 1 amide bonds. The van der Waals surface area contributed by atoms with Gasteiger partial charge in [-0.05, 0) is 54.5 Å². The van der Waals surface area contributed by atoms with Crippen molar-refractivity contribution >= 4 is 39.0 Å². The van der Waals surface area contributed by atoms with E-state index in [1.165, 1.54) is 9.18 Å². The van der Waals surface area contributed by atoms with Gasteiger partial charge in [0.2, 0.25) is 15.9 Å². The number of sulfonamides is 1.